The first kappa shape index (κ1) is 16.8. The summed E-state index contributed by atoms with van der Waals surface area (Å²) in [6.07, 6.45) is -2.90. The van der Waals surface area contributed by atoms with Gasteiger partial charge < -0.3 is 10.6 Å². The highest BCUT2D eigenvalue weighted by molar-refractivity contribution is 5.89. The Labute approximate surface area is 129 Å². The van der Waals surface area contributed by atoms with Gasteiger partial charge in [-0.15, -0.1) is 0 Å². The van der Waals surface area contributed by atoms with Gasteiger partial charge in [0.25, 0.3) is 0 Å². The van der Waals surface area contributed by atoms with Crippen LogP contribution in [0.4, 0.5) is 28.0 Å². The van der Waals surface area contributed by atoms with Crippen LogP contribution in [0.5, 0.6) is 0 Å². The van der Waals surface area contributed by atoms with E-state index in [2.05, 4.69) is 15.7 Å². The highest BCUT2D eigenvalue weighted by atomic mass is 19.4. The highest BCUT2D eigenvalue weighted by Crippen LogP contribution is 2.29. The normalized spacial score (nSPS) is 12.7. The van der Waals surface area contributed by atoms with Crippen molar-refractivity contribution in [1.29, 1.82) is 0 Å². The predicted octanol–water partition coefficient (Wildman–Crippen LogP) is 3.37. The lowest BCUT2D eigenvalue weighted by Crippen LogP contribution is -2.35. The second kappa shape index (κ2) is 6.67. The molecule has 124 valence electrons. The number of carbonyl (C=O) groups is 1. The second-order valence-corrected chi connectivity index (χ2v) is 4.92. The molecule has 23 heavy (non-hydrogen) atoms. The second-order valence-electron chi connectivity index (χ2n) is 4.92. The summed E-state index contributed by atoms with van der Waals surface area (Å²) in [5.41, 5.74) is 0.500. The Morgan fingerprint density at radius 1 is 1.30 bits per heavy atom. The molecule has 1 aromatic carbocycles. The van der Waals surface area contributed by atoms with Crippen LogP contribution in [0.1, 0.15) is 18.0 Å². The van der Waals surface area contributed by atoms with Crippen LogP contribution in [-0.4, -0.2) is 22.0 Å². The van der Waals surface area contributed by atoms with Crippen LogP contribution in [-0.2, 0) is 7.05 Å². The molecule has 1 heterocycles. The summed E-state index contributed by atoms with van der Waals surface area (Å²) >= 11 is 0. The van der Waals surface area contributed by atoms with Gasteiger partial charge in [-0.2, -0.15) is 18.3 Å². The number of anilines is 1. The molecule has 0 fully saturated rings. The molecule has 2 rings (SSSR count). The van der Waals surface area contributed by atoms with Crippen LogP contribution in [0.2, 0.25) is 0 Å². The number of hydrogen-bond donors (Lipinski definition) is 2. The molecule has 1 atom stereocenters. The average Bonchev–Trinajstić information content (AvgIpc) is 2.82. The van der Waals surface area contributed by atoms with Gasteiger partial charge in [0, 0.05) is 13.2 Å². The Bertz CT molecular complexity index is 666. The van der Waals surface area contributed by atoms with Crippen LogP contribution in [0, 0.1) is 5.82 Å². The molecule has 2 amide bonds. The summed E-state index contributed by atoms with van der Waals surface area (Å²) in [6, 6.07) is 2.36. The van der Waals surface area contributed by atoms with Crippen LogP contribution in [0.3, 0.4) is 0 Å². The monoisotopic (exact) mass is 330 g/mol. The van der Waals surface area contributed by atoms with Crippen LogP contribution < -0.4 is 10.6 Å². The van der Waals surface area contributed by atoms with Gasteiger partial charge in [-0.3, -0.25) is 4.68 Å². The quantitative estimate of drug-likeness (QED) is 0.845. The van der Waals surface area contributed by atoms with Crippen LogP contribution >= 0.6 is 0 Å². The van der Waals surface area contributed by atoms with Crippen molar-refractivity contribution in [3.05, 3.63) is 48.0 Å². The largest absolute Gasteiger partial charge is 0.391 e. The molecule has 0 bridgehead atoms. The minimum atomic E-state index is -4.49. The number of carbonyl (C=O) groups excluding carboxylic acids is 1. The third kappa shape index (κ3) is 5.28. The average molecular weight is 330 g/mol. The van der Waals surface area contributed by atoms with Crippen molar-refractivity contribution in [1.82, 2.24) is 15.1 Å². The van der Waals surface area contributed by atoms with Gasteiger partial charge in [-0.1, -0.05) is 12.1 Å². The fourth-order valence-corrected chi connectivity index (χ4v) is 1.99. The maximum Gasteiger partial charge on any atom is 0.391 e. The summed E-state index contributed by atoms with van der Waals surface area (Å²) in [6.45, 7) is 0. The molecular formula is C14H14F4N4O. The van der Waals surface area contributed by atoms with Crippen molar-refractivity contribution >= 4 is 11.7 Å². The SMILES string of the molecule is Cn1cc(NC(=O)N[C@@H](CC(F)(F)F)c2ccc(F)cc2)cn1. The van der Waals surface area contributed by atoms with Crippen molar-refractivity contribution in [2.75, 3.05) is 5.32 Å². The van der Waals surface area contributed by atoms with Gasteiger partial charge in [-0.05, 0) is 17.7 Å². The summed E-state index contributed by atoms with van der Waals surface area (Å²) in [7, 11) is 1.63. The van der Waals surface area contributed by atoms with Crippen molar-refractivity contribution in [3.8, 4) is 0 Å². The van der Waals surface area contributed by atoms with E-state index in [-0.39, 0.29) is 5.56 Å². The summed E-state index contributed by atoms with van der Waals surface area (Å²) < 4.78 is 52.4. The molecule has 5 nitrogen and oxygen atoms in total. The minimum absolute atomic E-state index is 0.157. The van der Waals surface area contributed by atoms with Crippen molar-refractivity contribution in [3.63, 3.8) is 0 Å². The number of amides is 2. The topological polar surface area (TPSA) is 59.0 Å². The first-order chi connectivity index (χ1) is 10.7. The molecular weight excluding hydrogens is 316 g/mol. The molecule has 2 N–H and O–H groups in total. The van der Waals surface area contributed by atoms with E-state index < -0.39 is 30.5 Å². The number of nitrogens with one attached hydrogen (secondary N) is 2. The fourth-order valence-electron chi connectivity index (χ4n) is 1.99. The molecule has 0 aliphatic heterocycles. The Hall–Kier alpha value is -2.58. The maximum absolute atomic E-state index is 12.9. The molecule has 0 aliphatic carbocycles. The van der Waals surface area contributed by atoms with E-state index in [1.165, 1.54) is 29.2 Å². The maximum atomic E-state index is 12.9. The zero-order valence-corrected chi connectivity index (χ0v) is 12.1. The van der Waals surface area contributed by atoms with Crippen LogP contribution in [0.25, 0.3) is 0 Å². The van der Waals surface area contributed by atoms with Crippen LogP contribution in [0.15, 0.2) is 36.7 Å². The lowest BCUT2D eigenvalue weighted by molar-refractivity contribution is -0.139. The lowest BCUT2D eigenvalue weighted by Gasteiger charge is -2.20. The van der Waals surface area contributed by atoms with Gasteiger partial charge >= 0.3 is 12.2 Å². The predicted molar refractivity (Wildman–Crippen MR) is 75.2 cm³/mol. The van der Waals surface area contributed by atoms with Gasteiger partial charge in [0.15, 0.2) is 0 Å². The number of urea groups is 1. The molecule has 0 aliphatic rings. The van der Waals surface area contributed by atoms with E-state index in [0.29, 0.717) is 5.69 Å². The Morgan fingerprint density at radius 3 is 2.48 bits per heavy atom. The van der Waals surface area contributed by atoms with Gasteiger partial charge in [0.1, 0.15) is 5.82 Å². The first-order valence-corrected chi connectivity index (χ1v) is 6.61. The number of aromatic nitrogens is 2. The van der Waals surface area contributed by atoms with Gasteiger partial charge in [-0.25, -0.2) is 9.18 Å². The molecule has 0 radical (unpaired) electrons. The number of nitrogens with zero attached hydrogens (tertiary/aromatic N) is 2. The Kier molecular flexibility index (Phi) is 4.87. The van der Waals surface area contributed by atoms with E-state index in [1.54, 1.807) is 7.05 Å². The number of rotatable bonds is 4. The zero-order valence-electron chi connectivity index (χ0n) is 12.1. The molecule has 0 spiro atoms. The van der Waals surface area contributed by atoms with E-state index >= 15 is 0 Å². The molecule has 0 saturated heterocycles. The third-order valence-corrected chi connectivity index (χ3v) is 2.98. The van der Waals surface area contributed by atoms with Crippen molar-refractivity contribution in [2.45, 2.75) is 18.6 Å². The number of benzene rings is 1. The Balaban J connectivity index is 2.10. The van der Waals surface area contributed by atoms with Crippen molar-refractivity contribution in [2.24, 2.45) is 7.05 Å². The standard InChI is InChI=1S/C14H14F4N4O/c1-22-8-11(7-19-22)20-13(23)21-12(6-14(16,17)18)9-2-4-10(15)5-3-9/h2-5,7-8,12H,6H2,1H3,(H2,20,21,23)/t12-/m0/s1. The first-order valence-electron chi connectivity index (χ1n) is 6.61. The molecule has 0 saturated carbocycles. The van der Waals surface area contributed by atoms with Gasteiger partial charge in [0.05, 0.1) is 24.3 Å². The van der Waals surface area contributed by atoms with E-state index in [0.717, 1.165) is 12.1 Å². The number of aryl methyl sites for hydroxylation is 1. The van der Waals surface area contributed by atoms with Gasteiger partial charge in [0.2, 0.25) is 0 Å². The minimum Gasteiger partial charge on any atom is -0.331 e. The molecule has 1 aromatic heterocycles. The van der Waals surface area contributed by atoms with Crippen molar-refractivity contribution < 1.29 is 22.4 Å². The number of halogens is 4. The molecule has 0 unspecified atom stereocenters. The third-order valence-electron chi connectivity index (χ3n) is 2.98. The summed E-state index contributed by atoms with van der Waals surface area (Å²) in [5.74, 6) is -0.570. The number of alkyl halides is 3. The fraction of sp³-hybridized carbons (Fsp3) is 0.286. The smallest absolute Gasteiger partial charge is 0.331 e. The summed E-state index contributed by atoms with van der Waals surface area (Å²) in [4.78, 5) is 11.9. The Morgan fingerprint density at radius 2 is 1.96 bits per heavy atom. The van der Waals surface area contributed by atoms with E-state index in [1.807, 2.05) is 0 Å². The molecule has 2 aromatic rings. The molecule has 9 heteroatoms. The van der Waals surface area contributed by atoms with E-state index in [9.17, 15) is 22.4 Å². The number of hydrogen-bond acceptors (Lipinski definition) is 2. The zero-order chi connectivity index (χ0) is 17.0. The highest BCUT2D eigenvalue weighted by Gasteiger charge is 2.33. The lowest BCUT2D eigenvalue weighted by atomic mass is 10.0. The summed E-state index contributed by atoms with van der Waals surface area (Å²) in [5, 5.41) is 8.45. The van der Waals surface area contributed by atoms with E-state index in [4.69, 9.17) is 0 Å².